The van der Waals surface area contributed by atoms with Crippen molar-refractivity contribution in [1.82, 2.24) is 9.97 Å². The second-order valence-electron chi connectivity index (χ2n) is 2.89. The fraction of sp³-hybridized carbons (Fsp3) is 0.500. The summed E-state index contributed by atoms with van der Waals surface area (Å²) in [6, 6.07) is 0.386. The Morgan fingerprint density at radius 1 is 1.57 bits per heavy atom. The zero-order valence-corrected chi connectivity index (χ0v) is 8.49. The molecule has 76 valence electrons. The standard InChI is InChI=1S/C10H14N2O2/c1-3-9-8(5-4-6-13)7-11-10(12-9)14-2/h6-7H,3-5H2,1-2H3. The lowest BCUT2D eigenvalue weighted by Crippen LogP contribution is -2.01. The molecule has 0 amide bonds. The number of hydrogen-bond acceptors (Lipinski definition) is 4. The van der Waals surface area contributed by atoms with Crippen LogP contribution in [0.25, 0.3) is 0 Å². The van der Waals surface area contributed by atoms with Gasteiger partial charge < -0.3 is 9.53 Å². The van der Waals surface area contributed by atoms with Crippen LogP contribution in [-0.2, 0) is 17.6 Å². The Bertz CT molecular complexity index is 313. The molecular weight excluding hydrogens is 180 g/mol. The summed E-state index contributed by atoms with van der Waals surface area (Å²) < 4.78 is 4.92. The smallest absolute Gasteiger partial charge is 0.316 e. The van der Waals surface area contributed by atoms with Crippen molar-refractivity contribution in [2.75, 3.05) is 7.11 Å². The molecule has 0 aliphatic rings. The Kier molecular flexibility index (Phi) is 4.04. The first-order valence-corrected chi connectivity index (χ1v) is 4.64. The molecular formula is C10H14N2O2. The molecule has 0 aromatic carbocycles. The summed E-state index contributed by atoms with van der Waals surface area (Å²) in [5.41, 5.74) is 1.99. The molecule has 0 spiro atoms. The Morgan fingerprint density at radius 2 is 2.36 bits per heavy atom. The monoisotopic (exact) mass is 194 g/mol. The minimum absolute atomic E-state index is 0.386. The average molecular weight is 194 g/mol. The first-order chi connectivity index (χ1) is 6.81. The molecule has 0 bridgehead atoms. The van der Waals surface area contributed by atoms with E-state index in [9.17, 15) is 4.79 Å². The van der Waals surface area contributed by atoms with E-state index < -0.39 is 0 Å². The Hall–Kier alpha value is -1.45. The molecule has 1 heterocycles. The van der Waals surface area contributed by atoms with E-state index in [2.05, 4.69) is 9.97 Å². The number of aryl methyl sites for hydroxylation is 2. The van der Waals surface area contributed by atoms with Crippen LogP contribution in [-0.4, -0.2) is 23.4 Å². The normalized spacial score (nSPS) is 9.86. The van der Waals surface area contributed by atoms with Crippen LogP contribution in [0.5, 0.6) is 6.01 Å². The van der Waals surface area contributed by atoms with Gasteiger partial charge in [0.25, 0.3) is 0 Å². The largest absolute Gasteiger partial charge is 0.467 e. The second kappa shape index (κ2) is 5.32. The number of nitrogens with zero attached hydrogens (tertiary/aromatic N) is 2. The highest BCUT2D eigenvalue weighted by Crippen LogP contribution is 2.11. The van der Waals surface area contributed by atoms with Gasteiger partial charge >= 0.3 is 6.01 Å². The van der Waals surface area contributed by atoms with E-state index >= 15 is 0 Å². The molecule has 0 saturated carbocycles. The molecule has 1 aromatic rings. The summed E-state index contributed by atoms with van der Waals surface area (Å²) in [5, 5.41) is 0. The lowest BCUT2D eigenvalue weighted by molar-refractivity contribution is -0.107. The number of methoxy groups -OCH3 is 1. The Labute approximate surface area is 83.3 Å². The summed E-state index contributed by atoms with van der Waals surface area (Å²) >= 11 is 0. The highest BCUT2D eigenvalue weighted by atomic mass is 16.5. The van der Waals surface area contributed by atoms with Gasteiger partial charge in [-0.05, 0) is 18.4 Å². The fourth-order valence-corrected chi connectivity index (χ4v) is 1.25. The molecule has 0 unspecified atom stereocenters. The van der Waals surface area contributed by atoms with Gasteiger partial charge in [0.1, 0.15) is 6.29 Å². The zero-order valence-electron chi connectivity index (χ0n) is 8.49. The molecule has 0 saturated heterocycles. The van der Waals surface area contributed by atoms with Gasteiger partial charge in [-0.2, -0.15) is 0 Å². The van der Waals surface area contributed by atoms with E-state index in [4.69, 9.17) is 4.74 Å². The highest BCUT2D eigenvalue weighted by Gasteiger charge is 2.05. The van der Waals surface area contributed by atoms with Gasteiger partial charge in [-0.3, -0.25) is 0 Å². The molecule has 0 aliphatic carbocycles. The summed E-state index contributed by atoms with van der Waals surface area (Å²) in [7, 11) is 1.54. The predicted octanol–water partition coefficient (Wildman–Crippen LogP) is 1.18. The quantitative estimate of drug-likeness (QED) is 0.660. The van der Waals surface area contributed by atoms with Crippen LogP contribution in [0.4, 0.5) is 0 Å². The van der Waals surface area contributed by atoms with E-state index in [0.29, 0.717) is 18.9 Å². The maximum absolute atomic E-state index is 10.2. The number of ether oxygens (including phenoxy) is 1. The van der Waals surface area contributed by atoms with Crippen LogP contribution < -0.4 is 4.74 Å². The SMILES string of the molecule is CCc1nc(OC)ncc1CCC=O. The maximum Gasteiger partial charge on any atom is 0.316 e. The van der Waals surface area contributed by atoms with Crippen LogP contribution >= 0.6 is 0 Å². The van der Waals surface area contributed by atoms with E-state index in [0.717, 1.165) is 24.0 Å². The van der Waals surface area contributed by atoms with Crippen molar-refractivity contribution in [2.45, 2.75) is 26.2 Å². The van der Waals surface area contributed by atoms with Crippen LogP contribution in [0.15, 0.2) is 6.20 Å². The topological polar surface area (TPSA) is 52.1 Å². The van der Waals surface area contributed by atoms with Crippen LogP contribution in [0.3, 0.4) is 0 Å². The van der Waals surface area contributed by atoms with E-state index in [1.807, 2.05) is 6.92 Å². The number of aldehydes is 1. The first-order valence-electron chi connectivity index (χ1n) is 4.64. The minimum Gasteiger partial charge on any atom is -0.467 e. The molecule has 1 aromatic heterocycles. The molecule has 0 fully saturated rings. The Morgan fingerprint density at radius 3 is 2.93 bits per heavy atom. The van der Waals surface area contributed by atoms with Crippen LogP contribution in [0, 0.1) is 0 Å². The zero-order chi connectivity index (χ0) is 10.4. The van der Waals surface area contributed by atoms with Gasteiger partial charge in [-0.25, -0.2) is 9.97 Å². The Balaban J connectivity index is 2.87. The number of rotatable bonds is 5. The highest BCUT2D eigenvalue weighted by molar-refractivity contribution is 5.50. The van der Waals surface area contributed by atoms with Gasteiger partial charge in [0.2, 0.25) is 0 Å². The molecule has 1 rings (SSSR count). The summed E-state index contributed by atoms with van der Waals surface area (Å²) in [6.45, 7) is 2.02. The third-order valence-corrected chi connectivity index (χ3v) is 1.98. The first kappa shape index (κ1) is 10.6. The van der Waals surface area contributed by atoms with Gasteiger partial charge in [-0.15, -0.1) is 0 Å². The fourth-order valence-electron chi connectivity index (χ4n) is 1.25. The molecule has 0 aliphatic heterocycles. The van der Waals surface area contributed by atoms with Crippen molar-refractivity contribution >= 4 is 6.29 Å². The van der Waals surface area contributed by atoms with E-state index in [1.165, 1.54) is 0 Å². The van der Waals surface area contributed by atoms with Crippen molar-refractivity contribution in [3.8, 4) is 6.01 Å². The van der Waals surface area contributed by atoms with Crippen LogP contribution in [0.1, 0.15) is 24.6 Å². The van der Waals surface area contributed by atoms with Crippen molar-refractivity contribution in [1.29, 1.82) is 0 Å². The van der Waals surface area contributed by atoms with Crippen molar-refractivity contribution < 1.29 is 9.53 Å². The number of hydrogen-bond donors (Lipinski definition) is 0. The van der Waals surface area contributed by atoms with E-state index in [-0.39, 0.29) is 0 Å². The third kappa shape index (κ3) is 2.52. The van der Waals surface area contributed by atoms with Crippen LogP contribution in [0.2, 0.25) is 0 Å². The van der Waals surface area contributed by atoms with E-state index in [1.54, 1.807) is 13.3 Å². The van der Waals surface area contributed by atoms with Crippen molar-refractivity contribution in [3.05, 3.63) is 17.5 Å². The molecule has 0 N–H and O–H groups in total. The van der Waals surface area contributed by atoms with Gasteiger partial charge in [0.15, 0.2) is 0 Å². The third-order valence-electron chi connectivity index (χ3n) is 1.98. The lowest BCUT2D eigenvalue weighted by atomic mass is 10.1. The van der Waals surface area contributed by atoms with Crippen molar-refractivity contribution in [2.24, 2.45) is 0 Å². The molecule has 14 heavy (non-hydrogen) atoms. The molecule has 4 nitrogen and oxygen atoms in total. The molecule has 0 atom stereocenters. The maximum atomic E-state index is 10.2. The number of aromatic nitrogens is 2. The lowest BCUT2D eigenvalue weighted by Gasteiger charge is -2.05. The molecule has 4 heteroatoms. The average Bonchev–Trinajstić information content (AvgIpc) is 2.26. The van der Waals surface area contributed by atoms with Crippen molar-refractivity contribution in [3.63, 3.8) is 0 Å². The summed E-state index contributed by atoms with van der Waals surface area (Å²) in [5.74, 6) is 0. The second-order valence-corrected chi connectivity index (χ2v) is 2.89. The van der Waals surface area contributed by atoms with Gasteiger partial charge in [0, 0.05) is 12.6 Å². The number of carbonyl (C=O) groups excluding carboxylic acids is 1. The molecule has 0 radical (unpaired) electrons. The summed E-state index contributed by atoms with van der Waals surface area (Å²) in [4.78, 5) is 18.5. The number of carbonyl (C=O) groups is 1. The predicted molar refractivity (Wildman–Crippen MR) is 52.3 cm³/mol. The summed E-state index contributed by atoms with van der Waals surface area (Å²) in [6.07, 6.45) is 4.68. The van der Waals surface area contributed by atoms with Gasteiger partial charge in [-0.1, -0.05) is 6.92 Å². The van der Waals surface area contributed by atoms with Gasteiger partial charge in [0.05, 0.1) is 12.8 Å². The minimum atomic E-state index is 0.386.